The second-order valence-electron chi connectivity index (χ2n) is 14.9. The number of carbonyl (C=O) groups is 2. The van der Waals surface area contributed by atoms with Gasteiger partial charge in [0.05, 0.1) is 21.3 Å². The molecule has 55 heavy (non-hydrogen) atoms. The molecule has 0 amide bonds. The Hall–Kier alpha value is -4.63. The normalized spacial score (nSPS) is 11.8. The second-order valence-corrected chi connectivity index (χ2v) is 22.9. The number of aryl methyl sites for hydroxylation is 2. The Balaban J connectivity index is 1.24. The van der Waals surface area contributed by atoms with Crippen LogP contribution in [0.4, 0.5) is 4.79 Å². The van der Waals surface area contributed by atoms with Crippen molar-refractivity contribution in [3.8, 4) is 34.5 Å². The first kappa shape index (κ1) is 43.1. The van der Waals surface area contributed by atoms with Gasteiger partial charge in [-0.1, -0.05) is 56.3 Å². The van der Waals surface area contributed by atoms with Crippen molar-refractivity contribution >= 4 is 29.0 Å². The first-order valence-electron chi connectivity index (χ1n) is 18.6. The lowest BCUT2D eigenvalue weighted by Crippen LogP contribution is -2.46. The molecule has 0 N–H and O–H groups in total. The van der Waals surface area contributed by atoms with Crippen LogP contribution in [0.2, 0.25) is 32.2 Å². The monoisotopic (exact) mass is 788 g/mol. The highest BCUT2D eigenvalue weighted by Crippen LogP contribution is 2.35. The van der Waals surface area contributed by atoms with E-state index in [-0.39, 0.29) is 17.1 Å². The van der Waals surface area contributed by atoms with Crippen molar-refractivity contribution in [2.75, 3.05) is 27.9 Å². The summed E-state index contributed by atoms with van der Waals surface area (Å²) in [6.07, 6.45) is 2.59. The number of esters is 1. The molecule has 0 heterocycles. The summed E-state index contributed by atoms with van der Waals surface area (Å²) in [4.78, 5) is 24.0. The van der Waals surface area contributed by atoms with Gasteiger partial charge in [0.25, 0.3) is 0 Å². The van der Waals surface area contributed by atoms with E-state index in [1.165, 1.54) is 6.92 Å². The van der Waals surface area contributed by atoms with E-state index in [2.05, 4.69) is 46.1 Å². The molecule has 0 fully saturated rings. The Morgan fingerprint density at radius 3 is 1.85 bits per heavy atom. The number of hydrogen-bond acceptors (Lipinski definition) is 10. The van der Waals surface area contributed by atoms with E-state index in [9.17, 15) is 9.59 Å². The van der Waals surface area contributed by atoms with Crippen molar-refractivity contribution < 1.29 is 46.6 Å². The molecular weight excluding hydrogens is 733 g/mol. The lowest BCUT2D eigenvalue weighted by atomic mass is 9.78. The molecule has 0 atom stereocenters. The molecule has 0 aliphatic heterocycles. The third-order valence-corrected chi connectivity index (χ3v) is 16.0. The lowest BCUT2D eigenvalue weighted by molar-refractivity contribution is -0.131. The van der Waals surface area contributed by atoms with E-state index in [0.29, 0.717) is 23.9 Å². The SMILES string of the molecule is COc1cc(CCC[Si](C)(C)O[Si](C)(C)OCCCc2cccc(OC)c2OC)ccc1OC(=O)Oc1ccc(C(C)(C)c2ccc(OC(C)=O)cc2)cc1. The van der Waals surface area contributed by atoms with Gasteiger partial charge in [-0.2, -0.15) is 0 Å². The molecule has 4 aromatic carbocycles. The van der Waals surface area contributed by atoms with Crippen LogP contribution in [-0.4, -0.2) is 56.9 Å². The Morgan fingerprint density at radius 1 is 0.655 bits per heavy atom. The molecule has 0 spiro atoms. The fraction of sp³-hybridized carbons (Fsp3) is 0.395. The highest BCUT2D eigenvalue weighted by atomic mass is 28.4. The molecule has 0 unspecified atom stereocenters. The molecule has 0 aliphatic carbocycles. The topological polar surface area (TPSA) is 108 Å². The average Bonchev–Trinajstić information content (AvgIpc) is 3.13. The van der Waals surface area contributed by atoms with Gasteiger partial charge in [-0.3, -0.25) is 4.79 Å². The summed E-state index contributed by atoms with van der Waals surface area (Å²) in [5, 5.41) is 0. The van der Waals surface area contributed by atoms with Crippen LogP contribution in [0, 0.1) is 0 Å². The van der Waals surface area contributed by atoms with E-state index in [1.807, 2.05) is 48.5 Å². The van der Waals surface area contributed by atoms with Crippen molar-refractivity contribution in [1.82, 2.24) is 0 Å². The predicted octanol–water partition coefficient (Wildman–Crippen LogP) is 10.0. The molecule has 0 aromatic heterocycles. The molecule has 10 nitrogen and oxygen atoms in total. The quantitative estimate of drug-likeness (QED) is 0.0300. The molecule has 4 rings (SSSR count). The Bertz CT molecular complexity index is 1870. The van der Waals surface area contributed by atoms with E-state index in [4.69, 9.17) is 37.0 Å². The first-order valence-corrected chi connectivity index (χ1v) is 24.5. The zero-order valence-corrected chi connectivity index (χ0v) is 35.9. The molecule has 4 aromatic rings. The van der Waals surface area contributed by atoms with Crippen molar-refractivity contribution in [3.05, 3.63) is 107 Å². The van der Waals surface area contributed by atoms with Gasteiger partial charge in [-0.25, -0.2) is 4.79 Å². The van der Waals surface area contributed by atoms with E-state index >= 15 is 0 Å². The number of para-hydroxylation sites is 1. The third-order valence-electron chi connectivity index (χ3n) is 9.33. The minimum Gasteiger partial charge on any atom is -0.493 e. The molecule has 0 bridgehead atoms. The van der Waals surface area contributed by atoms with Gasteiger partial charge in [0.1, 0.15) is 11.5 Å². The zero-order valence-electron chi connectivity index (χ0n) is 33.9. The summed E-state index contributed by atoms with van der Waals surface area (Å²) < 4.78 is 45.8. The third kappa shape index (κ3) is 12.7. The van der Waals surface area contributed by atoms with Crippen molar-refractivity contribution in [2.24, 2.45) is 0 Å². The maximum Gasteiger partial charge on any atom is 0.519 e. The molecule has 0 radical (unpaired) electrons. The van der Waals surface area contributed by atoms with Crippen LogP contribution in [0.1, 0.15) is 55.9 Å². The summed E-state index contributed by atoms with van der Waals surface area (Å²) >= 11 is 0. The second kappa shape index (κ2) is 19.3. The van der Waals surface area contributed by atoms with Gasteiger partial charge in [-0.15, -0.1) is 0 Å². The maximum absolute atomic E-state index is 12.8. The summed E-state index contributed by atoms with van der Waals surface area (Å²) in [5.41, 5.74) is 3.87. The molecule has 0 aliphatic rings. The van der Waals surface area contributed by atoms with Crippen molar-refractivity contribution in [3.63, 3.8) is 0 Å². The van der Waals surface area contributed by atoms with Gasteiger partial charge in [0.15, 0.2) is 31.3 Å². The Kier molecular flexibility index (Phi) is 15.1. The van der Waals surface area contributed by atoms with Crippen LogP contribution >= 0.6 is 0 Å². The van der Waals surface area contributed by atoms with Crippen LogP contribution < -0.4 is 28.4 Å². The number of rotatable bonds is 19. The fourth-order valence-electron chi connectivity index (χ4n) is 6.57. The van der Waals surface area contributed by atoms with Crippen molar-refractivity contribution in [2.45, 2.75) is 84.1 Å². The van der Waals surface area contributed by atoms with Crippen molar-refractivity contribution in [1.29, 1.82) is 0 Å². The van der Waals surface area contributed by atoms with E-state index in [1.54, 1.807) is 51.7 Å². The maximum atomic E-state index is 12.8. The summed E-state index contributed by atoms with van der Waals surface area (Å²) in [6, 6.07) is 27.2. The molecular formula is C43H56O10Si2. The van der Waals surface area contributed by atoms with Crippen LogP contribution in [0.25, 0.3) is 0 Å². The number of hydrogen-bond donors (Lipinski definition) is 0. The highest BCUT2D eigenvalue weighted by molar-refractivity contribution is 6.82. The zero-order chi connectivity index (χ0) is 40.2. The minimum absolute atomic E-state index is 0.277. The highest BCUT2D eigenvalue weighted by Gasteiger charge is 2.34. The Morgan fingerprint density at radius 2 is 1.27 bits per heavy atom. The van der Waals surface area contributed by atoms with Gasteiger partial charge in [0, 0.05) is 18.9 Å². The molecule has 296 valence electrons. The van der Waals surface area contributed by atoms with Gasteiger partial charge in [-0.05, 0) is 123 Å². The minimum atomic E-state index is -2.33. The first-order chi connectivity index (χ1) is 26.1. The molecule has 0 saturated heterocycles. The van der Waals surface area contributed by atoms with Crippen LogP contribution in [0.15, 0.2) is 84.9 Å². The average molecular weight is 789 g/mol. The van der Waals surface area contributed by atoms with Crippen LogP contribution in [0.3, 0.4) is 0 Å². The summed E-state index contributed by atoms with van der Waals surface area (Å²) in [7, 11) is 0.521. The predicted molar refractivity (Wildman–Crippen MR) is 219 cm³/mol. The van der Waals surface area contributed by atoms with Crippen LogP contribution in [0.5, 0.6) is 34.5 Å². The smallest absolute Gasteiger partial charge is 0.493 e. The Labute approximate surface area is 328 Å². The molecule has 0 saturated carbocycles. The van der Waals surface area contributed by atoms with Gasteiger partial charge in [0.2, 0.25) is 0 Å². The summed E-state index contributed by atoms with van der Waals surface area (Å²) in [6.45, 7) is 14.9. The van der Waals surface area contributed by atoms with Crippen LogP contribution in [-0.2, 0) is 31.6 Å². The lowest BCUT2D eigenvalue weighted by Gasteiger charge is -2.33. The number of benzene rings is 4. The van der Waals surface area contributed by atoms with E-state index in [0.717, 1.165) is 65.5 Å². The summed E-state index contributed by atoms with van der Waals surface area (Å²) in [5.74, 6) is 2.72. The van der Waals surface area contributed by atoms with Gasteiger partial charge >= 0.3 is 20.7 Å². The standard InChI is InChI=1S/C43H56O10Si2/c1-31(44)50-36-23-19-34(20-24-36)43(2,3)35-21-25-37(26-22-35)51-42(45)52-38-27-18-32(30-40(38)47-5)14-13-29-54(7,8)53-55(9,10)49-28-12-16-33-15-11-17-39(46-4)41(33)48-6/h11,15,17-27,30H,12-14,16,28-29H2,1-10H3. The number of methoxy groups -OCH3 is 3. The number of carbonyl (C=O) groups excluding carboxylic acids is 2. The largest absolute Gasteiger partial charge is 0.519 e. The number of ether oxygens (including phenoxy) is 6. The fourth-order valence-corrected chi connectivity index (χ4v) is 14.2. The molecule has 12 heteroatoms. The van der Waals surface area contributed by atoms with E-state index < -0.39 is 23.0 Å². The van der Waals surface area contributed by atoms with Gasteiger partial charge < -0.3 is 37.0 Å².